The monoisotopic (exact) mass is 300 g/mol. The molecule has 21 heavy (non-hydrogen) atoms. The summed E-state index contributed by atoms with van der Waals surface area (Å²) in [5.74, 6) is -1.06. The molecule has 0 unspecified atom stereocenters. The topological polar surface area (TPSA) is 86.1 Å². The predicted molar refractivity (Wildman–Crippen MR) is 83.7 cm³/mol. The molecular formula is C14H12N4O2S. The normalized spacial score (nSPS) is 10.3. The predicted octanol–water partition coefficient (Wildman–Crippen LogP) is 3.37. The molecular weight excluding hydrogens is 288 g/mol. The number of hydrogen-bond acceptors (Lipinski definition) is 4. The van der Waals surface area contributed by atoms with Crippen LogP contribution in [0.25, 0.3) is 0 Å². The zero-order valence-electron chi connectivity index (χ0n) is 10.9. The van der Waals surface area contributed by atoms with Gasteiger partial charge in [-0.25, -0.2) is 4.79 Å². The van der Waals surface area contributed by atoms with Gasteiger partial charge < -0.3 is 5.11 Å². The van der Waals surface area contributed by atoms with E-state index in [4.69, 9.17) is 17.3 Å². The Bertz CT molecular complexity index is 674. The first kappa shape index (κ1) is 14.6. The van der Waals surface area contributed by atoms with Gasteiger partial charge in [0.25, 0.3) is 0 Å². The molecule has 0 spiro atoms. The first-order valence-electron chi connectivity index (χ1n) is 6.02. The standard InChI is InChI=1S/C14H12N4O2S/c19-13(20)11-8-4-5-9-12(11)16-18-14(21)17-15-10-6-2-1-3-7-10/h1-9,15H,(H,17,21)(H,19,20). The summed E-state index contributed by atoms with van der Waals surface area (Å²) >= 11 is 4.98. The molecule has 2 aromatic carbocycles. The molecule has 2 rings (SSSR count). The molecule has 0 fully saturated rings. The number of nitrogens with one attached hydrogen (secondary N) is 2. The van der Waals surface area contributed by atoms with E-state index in [1.165, 1.54) is 6.07 Å². The van der Waals surface area contributed by atoms with Crippen molar-refractivity contribution in [1.29, 1.82) is 0 Å². The molecule has 106 valence electrons. The molecule has 0 aliphatic carbocycles. The second-order valence-electron chi connectivity index (χ2n) is 3.94. The minimum absolute atomic E-state index is 0.0695. The number of benzene rings is 2. The third-order valence-electron chi connectivity index (χ3n) is 2.47. The molecule has 0 heterocycles. The fourth-order valence-electron chi connectivity index (χ4n) is 1.51. The van der Waals surface area contributed by atoms with Gasteiger partial charge in [0.2, 0.25) is 5.11 Å². The first-order chi connectivity index (χ1) is 10.2. The summed E-state index contributed by atoms with van der Waals surface area (Å²) in [7, 11) is 0. The lowest BCUT2D eigenvalue weighted by molar-refractivity contribution is 0.0698. The van der Waals surface area contributed by atoms with Crippen LogP contribution in [-0.2, 0) is 0 Å². The molecule has 0 saturated heterocycles. The van der Waals surface area contributed by atoms with Crippen LogP contribution in [0.15, 0.2) is 64.8 Å². The molecule has 0 radical (unpaired) electrons. The van der Waals surface area contributed by atoms with Crippen LogP contribution >= 0.6 is 12.2 Å². The van der Waals surface area contributed by atoms with Crippen molar-refractivity contribution in [2.75, 3.05) is 5.43 Å². The summed E-state index contributed by atoms with van der Waals surface area (Å²) in [5, 5.41) is 16.7. The van der Waals surface area contributed by atoms with Crippen molar-refractivity contribution in [2.45, 2.75) is 0 Å². The van der Waals surface area contributed by atoms with Crippen molar-refractivity contribution in [3.63, 3.8) is 0 Å². The molecule has 0 amide bonds. The Morgan fingerprint density at radius 3 is 2.43 bits per heavy atom. The second-order valence-corrected chi connectivity index (χ2v) is 4.33. The minimum Gasteiger partial charge on any atom is -0.478 e. The summed E-state index contributed by atoms with van der Waals surface area (Å²) in [5.41, 5.74) is 6.68. The van der Waals surface area contributed by atoms with Crippen molar-refractivity contribution in [3.05, 3.63) is 60.2 Å². The van der Waals surface area contributed by atoms with Crippen LogP contribution in [0, 0.1) is 0 Å². The van der Waals surface area contributed by atoms with Gasteiger partial charge in [-0.05, 0) is 36.5 Å². The number of nitrogens with zero attached hydrogens (tertiary/aromatic N) is 2. The number of carboxylic acid groups (broad SMARTS) is 1. The number of aromatic carboxylic acids is 1. The van der Waals surface area contributed by atoms with Crippen LogP contribution in [0.4, 0.5) is 11.4 Å². The van der Waals surface area contributed by atoms with E-state index < -0.39 is 5.97 Å². The van der Waals surface area contributed by atoms with Gasteiger partial charge in [-0.15, -0.1) is 10.2 Å². The van der Waals surface area contributed by atoms with Crippen LogP contribution in [0.3, 0.4) is 0 Å². The average molecular weight is 300 g/mol. The van der Waals surface area contributed by atoms with Crippen molar-refractivity contribution in [2.24, 2.45) is 10.2 Å². The highest BCUT2D eigenvalue weighted by Crippen LogP contribution is 2.18. The Morgan fingerprint density at radius 1 is 1.05 bits per heavy atom. The van der Waals surface area contributed by atoms with Crippen LogP contribution in [0.1, 0.15) is 10.4 Å². The van der Waals surface area contributed by atoms with E-state index >= 15 is 0 Å². The number of carbonyl (C=O) groups is 1. The highest BCUT2D eigenvalue weighted by Gasteiger charge is 2.08. The average Bonchev–Trinajstić information content (AvgIpc) is 2.52. The van der Waals surface area contributed by atoms with Crippen LogP contribution in [-0.4, -0.2) is 16.2 Å². The molecule has 0 aliphatic rings. The zero-order chi connectivity index (χ0) is 15.1. The summed E-state index contributed by atoms with van der Waals surface area (Å²) in [6.07, 6.45) is 0. The van der Waals surface area contributed by atoms with E-state index in [9.17, 15) is 4.79 Å². The lowest BCUT2D eigenvalue weighted by atomic mass is 10.2. The zero-order valence-corrected chi connectivity index (χ0v) is 11.7. The molecule has 0 bridgehead atoms. The lowest BCUT2D eigenvalue weighted by Gasteiger charge is -2.06. The molecule has 2 aromatic rings. The van der Waals surface area contributed by atoms with E-state index in [0.717, 1.165) is 5.69 Å². The van der Waals surface area contributed by atoms with Gasteiger partial charge in [-0.2, -0.15) is 0 Å². The SMILES string of the molecule is O=C(O)c1ccccc1N=NC(=S)NNc1ccccc1. The Labute approximate surface area is 126 Å². The van der Waals surface area contributed by atoms with Gasteiger partial charge in [-0.1, -0.05) is 30.3 Å². The van der Waals surface area contributed by atoms with Gasteiger partial charge in [0.15, 0.2) is 0 Å². The van der Waals surface area contributed by atoms with E-state index in [1.54, 1.807) is 18.2 Å². The smallest absolute Gasteiger partial charge is 0.337 e. The maximum atomic E-state index is 11.0. The van der Waals surface area contributed by atoms with Crippen molar-refractivity contribution in [3.8, 4) is 0 Å². The minimum atomic E-state index is -1.06. The van der Waals surface area contributed by atoms with E-state index in [1.807, 2.05) is 30.3 Å². The van der Waals surface area contributed by atoms with Crippen molar-refractivity contribution < 1.29 is 9.90 Å². The number of rotatable bonds is 4. The maximum Gasteiger partial charge on any atom is 0.337 e. The third kappa shape index (κ3) is 4.36. The fraction of sp³-hybridized carbons (Fsp3) is 0. The van der Waals surface area contributed by atoms with Crippen molar-refractivity contribution in [1.82, 2.24) is 5.43 Å². The van der Waals surface area contributed by atoms with Gasteiger partial charge in [0, 0.05) is 0 Å². The van der Waals surface area contributed by atoms with Crippen LogP contribution < -0.4 is 10.9 Å². The van der Waals surface area contributed by atoms with Gasteiger partial charge >= 0.3 is 5.97 Å². The lowest BCUT2D eigenvalue weighted by Crippen LogP contribution is -2.25. The Hall–Kier alpha value is -2.80. The highest BCUT2D eigenvalue weighted by atomic mass is 32.1. The van der Waals surface area contributed by atoms with Crippen molar-refractivity contribution >= 4 is 34.7 Å². The molecule has 0 saturated carbocycles. The van der Waals surface area contributed by atoms with Gasteiger partial charge in [-0.3, -0.25) is 10.9 Å². The van der Waals surface area contributed by atoms with Crippen LogP contribution in [0.5, 0.6) is 0 Å². The number of anilines is 1. The van der Waals surface area contributed by atoms with Gasteiger partial charge in [0.05, 0.1) is 11.3 Å². The Morgan fingerprint density at radius 2 is 1.71 bits per heavy atom. The molecule has 0 atom stereocenters. The summed E-state index contributed by atoms with van der Waals surface area (Å²) in [6.45, 7) is 0. The Kier molecular flexibility index (Phi) is 4.94. The molecule has 0 aliphatic heterocycles. The van der Waals surface area contributed by atoms with Gasteiger partial charge in [0.1, 0.15) is 5.69 Å². The summed E-state index contributed by atoms with van der Waals surface area (Å²) < 4.78 is 0. The first-order valence-corrected chi connectivity index (χ1v) is 6.43. The number of para-hydroxylation sites is 1. The van der Waals surface area contributed by atoms with E-state index in [2.05, 4.69) is 21.1 Å². The van der Waals surface area contributed by atoms with E-state index in [-0.39, 0.29) is 16.4 Å². The van der Waals surface area contributed by atoms with Crippen LogP contribution in [0.2, 0.25) is 0 Å². The molecule has 7 heteroatoms. The number of azo groups is 1. The number of thiocarbonyl (C=S) groups is 1. The van der Waals surface area contributed by atoms with E-state index in [0.29, 0.717) is 0 Å². The fourth-order valence-corrected chi connectivity index (χ4v) is 1.60. The summed E-state index contributed by atoms with van der Waals surface area (Å²) in [6, 6.07) is 15.7. The largest absolute Gasteiger partial charge is 0.478 e. The second kappa shape index (κ2) is 7.11. The Balaban J connectivity index is 1.98. The number of hydrogen-bond donors (Lipinski definition) is 3. The number of hydrazine groups is 1. The molecule has 6 nitrogen and oxygen atoms in total. The highest BCUT2D eigenvalue weighted by molar-refractivity contribution is 7.80. The number of carboxylic acids is 1. The molecule has 3 N–H and O–H groups in total. The quantitative estimate of drug-likeness (QED) is 0.458. The third-order valence-corrected chi connectivity index (χ3v) is 2.65. The molecule has 0 aromatic heterocycles. The summed E-state index contributed by atoms with van der Waals surface area (Å²) in [4.78, 5) is 11.0. The maximum absolute atomic E-state index is 11.0.